The first-order valence-corrected chi connectivity index (χ1v) is 9.75. The summed E-state index contributed by atoms with van der Waals surface area (Å²) >= 11 is 9.87. The molecule has 27 heavy (non-hydrogen) atoms. The Labute approximate surface area is 171 Å². The number of nitrogens with two attached hydrogens (primary N) is 1. The topological polar surface area (TPSA) is 93.4 Å². The van der Waals surface area contributed by atoms with E-state index in [2.05, 4.69) is 31.2 Å². The van der Waals surface area contributed by atoms with Crippen molar-refractivity contribution in [1.82, 2.24) is 20.2 Å². The van der Waals surface area contributed by atoms with Gasteiger partial charge in [0.2, 0.25) is 5.95 Å². The number of nitrogen functional groups attached to an aromatic ring is 1. The molecule has 1 unspecified atom stereocenters. The zero-order chi connectivity index (χ0) is 19.7. The van der Waals surface area contributed by atoms with Gasteiger partial charge in [-0.2, -0.15) is 0 Å². The molecule has 7 nitrogen and oxygen atoms in total. The van der Waals surface area contributed by atoms with E-state index in [1.54, 1.807) is 24.1 Å². The molecule has 1 atom stereocenters. The third-order valence-electron chi connectivity index (χ3n) is 4.57. The zero-order valence-corrected chi connectivity index (χ0v) is 17.7. The van der Waals surface area contributed by atoms with Crippen molar-refractivity contribution >= 4 is 39.5 Å². The Bertz CT molecular complexity index is 893. The number of fused-ring (bicyclic) bond motifs is 1. The van der Waals surface area contributed by atoms with Crippen LogP contribution in [0.3, 0.4) is 0 Å². The average molecular weight is 455 g/mol. The molecule has 0 radical (unpaired) electrons. The number of methoxy groups -OCH3 is 1. The van der Waals surface area contributed by atoms with E-state index in [1.807, 2.05) is 13.8 Å². The maximum Gasteiger partial charge on any atom is 0.318 e. The van der Waals surface area contributed by atoms with Crippen LogP contribution in [0.2, 0.25) is 5.02 Å². The monoisotopic (exact) mass is 453 g/mol. The maximum atomic E-state index is 12.5. The Morgan fingerprint density at radius 2 is 2.19 bits per heavy atom. The van der Waals surface area contributed by atoms with E-state index in [1.165, 1.54) is 0 Å². The Hall–Kier alpha value is -2.06. The summed E-state index contributed by atoms with van der Waals surface area (Å²) in [5.41, 5.74) is 8.80. The Morgan fingerprint density at radius 3 is 2.85 bits per heavy atom. The van der Waals surface area contributed by atoms with Crippen molar-refractivity contribution in [2.75, 3.05) is 12.8 Å². The Balaban J connectivity index is 2.00. The lowest BCUT2D eigenvalue weighted by Gasteiger charge is -2.19. The number of carbonyl (C=O) groups excluding carboxylic acids is 1. The molecule has 1 aliphatic heterocycles. The summed E-state index contributed by atoms with van der Waals surface area (Å²) in [6.45, 7) is 4.76. The van der Waals surface area contributed by atoms with Crippen LogP contribution >= 0.6 is 27.5 Å². The van der Waals surface area contributed by atoms with E-state index in [0.29, 0.717) is 35.1 Å². The second-order valence-electron chi connectivity index (χ2n) is 6.44. The zero-order valence-electron chi connectivity index (χ0n) is 15.3. The molecule has 0 saturated carbocycles. The lowest BCUT2D eigenvalue weighted by atomic mass is 10.1. The van der Waals surface area contributed by atoms with Crippen molar-refractivity contribution in [3.05, 3.63) is 32.9 Å². The molecule has 0 aliphatic carbocycles. The van der Waals surface area contributed by atoms with E-state index < -0.39 is 0 Å². The number of ether oxygens (including phenoxy) is 1. The molecular weight excluding hydrogens is 434 g/mol. The smallest absolute Gasteiger partial charge is 0.318 e. The summed E-state index contributed by atoms with van der Waals surface area (Å²) in [6, 6.07) is 3.52. The number of urea groups is 1. The van der Waals surface area contributed by atoms with Gasteiger partial charge >= 0.3 is 6.03 Å². The normalized spacial score (nSPS) is 14.0. The number of halogens is 2. The van der Waals surface area contributed by atoms with Crippen molar-refractivity contribution in [3.8, 4) is 17.0 Å². The first-order valence-electron chi connectivity index (χ1n) is 8.58. The van der Waals surface area contributed by atoms with Crippen molar-refractivity contribution in [3.63, 3.8) is 0 Å². The number of nitrogens with zero attached hydrogens (tertiary/aromatic N) is 3. The fourth-order valence-corrected chi connectivity index (χ4v) is 3.80. The third kappa shape index (κ3) is 3.96. The lowest BCUT2D eigenvalue weighted by Crippen LogP contribution is -2.41. The summed E-state index contributed by atoms with van der Waals surface area (Å²) in [5.74, 6) is 0.774. The molecule has 144 valence electrons. The second kappa shape index (κ2) is 7.90. The van der Waals surface area contributed by atoms with Gasteiger partial charge in [-0.3, -0.25) is 0 Å². The number of benzene rings is 1. The van der Waals surface area contributed by atoms with E-state index in [9.17, 15) is 4.79 Å². The largest absolute Gasteiger partial charge is 0.496 e. The minimum absolute atomic E-state index is 0.0991. The summed E-state index contributed by atoms with van der Waals surface area (Å²) < 4.78 is 6.12. The standard InChI is InChI=1S/C18H21BrClN5O2/c1-4-9(2)22-18(26)25-7-11-14(8-25)23-17(21)24-16(11)10-5-15(27-3)12(19)6-13(10)20/h5-6,9H,4,7-8H2,1-3H3,(H,22,26)(H2,21,23,24). The van der Waals surface area contributed by atoms with Gasteiger partial charge in [-0.15, -0.1) is 0 Å². The molecule has 2 aromatic rings. The predicted octanol–water partition coefficient (Wildman–Crippen LogP) is 3.97. The Morgan fingerprint density at radius 1 is 1.44 bits per heavy atom. The highest BCUT2D eigenvalue weighted by Gasteiger charge is 2.30. The fourth-order valence-electron chi connectivity index (χ4n) is 2.91. The second-order valence-corrected chi connectivity index (χ2v) is 7.70. The SMILES string of the molecule is CCC(C)NC(=O)N1Cc2nc(N)nc(-c3cc(OC)c(Br)cc3Cl)c2C1. The number of amides is 2. The minimum Gasteiger partial charge on any atom is -0.496 e. The summed E-state index contributed by atoms with van der Waals surface area (Å²) in [4.78, 5) is 22.9. The molecule has 0 spiro atoms. The summed E-state index contributed by atoms with van der Waals surface area (Å²) in [6.07, 6.45) is 0.860. The van der Waals surface area contributed by atoms with Gasteiger partial charge in [-0.05, 0) is 41.4 Å². The van der Waals surface area contributed by atoms with Crippen LogP contribution in [-0.4, -0.2) is 34.1 Å². The number of nitrogens with one attached hydrogen (secondary N) is 1. The molecule has 9 heteroatoms. The van der Waals surface area contributed by atoms with Gasteiger partial charge in [0, 0.05) is 17.2 Å². The Kier molecular flexibility index (Phi) is 5.76. The highest BCUT2D eigenvalue weighted by Crippen LogP contribution is 2.39. The number of hydrogen-bond donors (Lipinski definition) is 2. The van der Waals surface area contributed by atoms with E-state index in [4.69, 9.17) is 22.1 Å². The average Bonchev–Trinajstić information content (AvgIpc) is 3.05. The van der Waals surface area contributed by atoms with Gasteiger partial charge in [0.1, 0.15) is 5.75 Å². The van der Waals surface area contributed by atoms with Crippen LogP contribution in [0.4, 0.5) is 10.7 Å². The van der Waals surface area contributed by atoms with Crippen LogP contribution < -0.4 is 15.8 Å². The van der Waals surface area contributed by atoms with Crippen LogP contribution in [0.5, 0.6) is 5.75 Å². The molecule has 3 rings (SSSR count). The van der Waals surface area contributed by atoms with Crippen molar-refractivity contribution in [2.45, 2.75) is 39.4 Å². The summed E-state index contributed by atoms with van der Waals surface area (Å²) in [7, 11) is 1.58. The fraction of sp³-hybridized carbons (Fsp3) is 0.389. The molecule has 2 heterocycles. The number of hydrogen-bond acceptors (Lipinski definition) is 5. The van der Waals surface area contributed by atoms with Crippen LogP contribution in [-0.2, 0) is 13.1 Å². The highest BCUT2D eigenvalue weighted by atomic mass is 79.9. The highest BCUT2D eigenvalue weighted by molar-refractivity contribution is 9.10. The minimum atomic E-state index is -0.133. The van der Waals surface area contributed by atoms with Crippen LogP contribution in [0, 0.1) is 0 Å². The third-order valence-corrected chi connectivity index (χ3v) is 5.50. The van der Waals surface area contributed by atoms with Gasteiger partial charge in [-0.25, -0.2) is 14.8 Å². The van der Waals surface area contributed by atoms with E-state index in [0.717, 1.165) is 22.2 Å². The predicted molar refractivity (Wildman–Crippen MR) is 109 cm³/mol. The molecule has 1 aliphatic rings. The molecular formula is C18H21BrClN5O2. The van der Waals surface area contributed by atoms with Gasteiger partial charge in [0.15, 0.2) is 0 Å². The first kappa shape index (κ1) is 19.7. The van der Waals surface area contributed by atoms with Crippen molar-refractivity contribution in [1.29, 1.82) is 0 Å². The number of aromatic nitrogens is 2. The van der Waals surface area contributed by atoms with Gasteiger partial charge in [0.05, 0.1) is 41.1 Å². The number of carbonyl (C=O) groups is 1. The quantitative estimate of drug-likeness (QED) is 0.729. The van der Waals surface area contributed by atoms with Crippen LogP contribution in [0.1, 0.15) is 31.5 Å². The number of anilines is 1. The number of rotatable bonds is 4. The summed E-state index contributed by atoms with van der Waals surface area (Å²) in [5, 5.41) is 3.48. The molecule has 0 fully saturated rings. The van der Waals surface area contributed by atoms with Crippen LogP contribution in [0.15, 0.2) is 16.6 Å². The molecule has 0 bridgehead atoms. The van der Waals surface area contributed by atoms with Gasteiger partial charge < -0.3 is 20.7 Å². The lowest BCUT2D eigenvalue weighted by molar-refractivity contribution is 0.194. The molecule has 1 aromatic heterocycles. The van der Waals surface area contributed by atoms with E-state index >= 15 is 0 Å². The molecule has 3 N–H and O–H groups in total. The van der Waals surface area contributed by atoms with Crippen LogP contribution in [0.25, 0.3) is 11.3 Å². The molecule has 2 amide bonds. The maximum absolute atomic E-state index is 12.5. The molecule has 1 aromatic carbocycles. The van der Waals surface area contributed by atoms with Gasteiger partial charge in [-0.1, -0.05) is 18.5 Å². The molecule has 0 saturated heterocycles. The van der Waals surface area contributed by atoms with E-state index in [-0.39, 0.29) is 18.0 Å². The van der Waals surface area contributed by atoms with Crippen molar-refractivity contribution in [2.24, 2.45) is 0 Å². The van der Waals surface area contributed by atoms with Gasteiger partial charge in [0.25, 0.3) is 0 Å². The van der Waals surface area contributed by atoms with Crippen molar-refractivity contribution < 1.29 is 9.53 Å². The first-order chi connectivity index (χ1) is 12.8.